The fourth-order valence-electron chi connectivity index (χ4n) is 6.61. The maximum atomic E-state index is 5.21. The van der Waals surface area contributed by atoms with Gasteiger partial charge in [-0.15, -0.1) is 0 Å². The number of aliphatic imine (C=N–C) groups is 1. The molecule has 1 atom stereocenters. The fourth-order valence-corrected chi connectivity index (χ4v) is 6.61. The van der Waals surface area contributed by atoms with Crippen molar-refractivity contribution in [3.63, 3.8) is 0 Å². The van der Waals surface area contributed by atoms with Crippen molar-refractivity contribution in [2.24, 2.45) is 15.8 Å². The number of rotatable bonds is 2. The topological polar surface area (TPSA) is 56.0 Å². The van der Waals surface area contributed by atoms with E-state index < -0.39 is 0 Å². The van der Waals surface area contributed by atoms with Crippen LogP contribution in [-0.4, -0.2) is 21.7 Å². The summed E-state index contributed by atoms with van der Waals surface area (Å²) >= 11 is 0. The van der Waals surface area contributed by atoms with E-state index in [4.69, 9.17) is 4.99 Å². The zero-order valence-corrected chi connectivity index (χ0v) is 25.5. The molecule has 0 saturated carbocycles. The van der Waals surface area contributed by atoms with Crippen molar-refractivity contribution in [1.29, 1.82) is 0 Å². The molecule has 1 saturated heterocycles. The van der Waals surface area contributed by atoms with Crippen LogP contribution in [-0.2, 0) is 0 Å². The number of H-pyrrole nitrogens is 2. The lowest BCUT2D eigenvalue weighted by Crippen LogP contribution is -2.32. The van der Waals surface area contributed by atoms with Crippen molar-refractivity contribution < 1.29 is 0 Å². The first kappa shape index (κ1) is 26.6. The van der Waals surface area contributed by atoms with Crippen LogP contribution in [0.5, 0.6) is 0 Å². The van der Waals surface area contributed by atoms with Crippen LogP contribution >= 0.6 is 0 Å². The highest BCUT2D eigenvalue weighted by Gasteiger charge is 2.36. The largest absolute Gasteiger partial charge is 0.381 e. The molecule has 4 heteroatoms. The molecule has 4 nitrogen and oxygen atoms in total. The van der Waals surface area contributed by atoms with E-state index in [2.05, 4.69) is 142 Å². The van der Waals surface area contributed by atoms with Crippen LogP contribution in [0.1, 0.15) is 63.1 Å². The lowest BCUT2D eigenvalue weighted by atomic mass is 9.84. The predicted molar refractivity (Wildman–Crippen MR) is 177 cm³/mol. The van der Waals surface area contributed by atoms with Gasteiger partial charge in [-0.05, 0) is 73.2 Å². The van der Waals surface area contributed by atoms with Crippen molar-refractivity contribution in [2.75, 3.05) is 0 Å². The van der Waals surface area contributed by atoms with E-state index in [1.54, 1.807) is 0 Å². The molecule has 0 amide bonds. The predicted octanol–water partition coefficient (Wildman–Crippen LogP) is 7.51. The van der Waals surface area contributed by atoms with Gasteiger partial charge in [0.1, 0.15) is 0 Å². The zero-order chi connectivity index (χ0) is 29.2. The van der Waals surface area contributed by atoms with Crippen LogP contribution in [0.15, 0.2) is 77.1 Å². The third-order valence-electron chi connectivity index (χ3n) is 9.14. The van der Waals surface area contributed by atoms with Crippen LogP contribution in [0.3, 0.4) is 0 Å². The van der Waals surface area contributed by atoms with Gasteiger partial charge >= 0.3 is 0 Å². The van der Waals surface area contributed by atoms with Gasteiger partial charge in [-0.3, -0.25) is 4.99 Å². The highest BCUT2D eigenvalue weighted by molar-refractivity contribution is 6.12. The smallest absolute Gasteiger partial charge is 0.0519 e. The maximum Gasteiger partial charge on any atom is 0.0519 e. The first-order valence-corrected chi connectivity index (χ1v) is 15.1. The van der Waals surface area contributed by atoms with Gasteiger partial charge in [0.25, 0.3) is 0 Å². The van der Waals surface area contributed by atoms with Crippen LogP contribution in [0.4, 0.5) is 0 Å². The fraction of sp³-hybridized carbons (Fsp3) is 0.289. The van der Waals surface area contributed by atoms with Gasteiger partial charge in [-0.2, -0.15) is 0 Å². The highest BCUT2D eigenvalue weighted by atomic mass is 15.0. The van der Waals surface area contributed by atoms with Crippen molar-refractivity contribution in [3.8, 4) is 22.3 Å². The van der Waals surface area contributed by atoms with Gasteiger partial charge in [-0.1, -0.05) is 87.4 Å². The van der Waals surface area contributed by atoms with E-state index in [0.717, 1.165) is 46.3 Å². The number of nitrogens with one attached hydrogen (secondary N) is 3. The Morgan fingerprint density at radius 2 is 1.40 bits per heavy atom. The molecule has 8 bridgehead atoms. The molecular formula is C38H40N4. The van der Waals surface area contributed by atoms with Gasteiger partial charge in [0, 0.05) is 62.2 Å². The summed E-state index contributed by atoms with van der Waals surface area (Å²) in [5.41, 5.74) is 13.1. The van der Waals surface area contributed by atoms with Crippen molar-refractivity contribution in [3.05, 3.63) is 105 Å². The maximum absolute atomic E-state index is 5.21. The minimum Gasteiger partial charge on any atom is -0.381 e. The number of fused-ring (bicyclic) bond motifs is 7. The lowest BCUT2D eigenvalue weighted by molar-refractivity contribution is 0.371. The molecule has 7 rings (SSSR count). The molecule has 212 valence electrons. The second-order valence-electron chi connectivity index (χ2n) is 13.8. The number of benzene rings is 2. The van der Waals surface area contributed by atoms with Crippen LogP contribution in [0.25, 0.3) is 46.6 Å². The number of allylic oxidation sites excluding steroid dienone is 2. The van der Waals surface area contributed by atoms with E-state index >= 15 is 0 Å². The summed E-state index contributed by atoms with van der Waals surface area (Å²) in [4.78, 5) is 12.7. The van der Waals surface area contributed by atoms with E-state index in [-0.39, 0.29) is 16.9 Å². The van der Waals surface area contributed by atoms with E-state index in [0.29, 0.717) is 0 Å². The van der Waals surface area contributed by atoms with Crippen LogP contribution in [0.2, 0.25) is 0 Å². The summed E-state index contributed by atoms with van der Waals surface area (Å²) in [7, 11) is 0. The SMILES string of the molecule is Cc1ccc(-c2cc3[nH]c2/C=C2N=C(/C=c4/cc(-c5ccc(C)cc5)/c([nH]4)=C/C4NC(=C3)CC4(C)C)CC\2(C)C)cc1. The van der Waals surface area contributed by atoms with Crippen molar-refractivity contribution in [1.82, 2.24) is 15.3 Å². The molecule has 3 aliphatic rings. The molecule has 2 aromatic heterocycles. The molecule has 5 heterocycles. The molecule has 42 heavy (non-hydrogen) atoms. The normalized spacial score (nSPS) is 23.0. The first-order chi connectivity index (χ1) is 20.0. The van der Waals surface area contributed by atoms with E-state index in [1.807, 2.05) is 0 Å². The summed E-state index contributed by atoms with van der Waals surface area (Å²) in [5.74, 6) is 0. The van der Waals surface area contributed by atoms with Gasteiger partial charge in [-0.25, -0.2) is 0 Å². The number of hydrogen-bond donors (Lipinski definition) is 3. The Balaban J connectivity index is 1.45. The molecule has 0 spiro atoms. The number of aryl methyl sites for hydroxylation is 2. The first-order valence-electron chi connectivity index (χ1n) is 15.1. The molecule has 3 aliphatic heterocycles. The second-order valence-corrected chi connectivity index (χ2v) is 13.8. The van der Waals surface area contributed by atoms with Gasteiger partial charge in [0.05, 0.1) is 6.04 Å². The summed E-state index contributed by atoms with van der Waals surface area (Å²) < 4.78 is 0. The Kier molecular flexibility index (Phi) is 6.09. The summed E-state index contributed by atoms with van der Waals surface area (Å²) in [6.45, 7) is 13.6. The molecule has 2 aromatic carbocycles. The average molecular weight is 553 g/mol. The lowest BCUT2D eigenvalue weighted by Gasteiger charge is -2.22. The molecule has 0 aliphatic carbocycles. The number of aromatic amines is 2. The second kappa shape index (κ2) is 9.62. The Bertz CT molecular complexity index is 1900. The summed E-state index contributed by atoms with van der Waals surface area (Å²) in [6, 6.07) is 22.4. The van der Waals surface area contributed by atoms with Gasteiger partial charge < -0.3 is 15.3 Å². The Morgan fingerprint density at radius 3 is 2.10 bits per heavy atom. The molecule has 4 aromatic rings. The number of nitrogens with zero attached hydrogens (tertiary/aromatic N) is 1. The highest BCUT2D eigenvalue weighted by Crippen LogP contribution is 2.41. The van der Waals surface area contributed by atoms with E-state index in [9.17, 15) is 0 Å². The number of aromatic nitrogens is 2. The molecule has 0 radical (unpaired) electrons. The summed E-state index contributed by atoms with van der Waals surface area (Å²) in [5, 5.41) is 6.12. The third-order valence-corrected chi connectivity index (χ3v) is 9.14. The van der Waals surface area contributed by atoms with Crippen LogP contribution in [0, 0.1) is 24.7 Å². The average Bonchev–Trinajstić information content (AvgIpc) is 3.65. The molecule has 1 unspecified atom stereocenters. The zero-order valence-electron chi connectivity index (χ0n) is 25.5. The van der Waals surface area contributed by atoms with E-state index in [1.165, 1.54) is 39.1 Å². The third kappa shape index (κ3) is 4.89. The summed E-state index contributed by atoms with van der Waals surface area (Å²) in [6.07, 6.45) is 11.1. The monoisotopic (exact) mass is 552 g/mol. The minimum absolute atomic E-state index is 0.0592. The van der Waals surface area contributed by atoms with Gasteiger partial charge in [0.15, 0.2) is 0 Å². The Labute approximate surface area is 248 Å². The minimum atomic E-state index is -0.0694. The number of hydrogen-bond acceptors (Lipinski definition) is 2. The van der Waals surface area contributed by atoms with Crippen molar-refractivity contribution >= 4 is 30.0 Å². The van der Waals surface area contributed by atoms with Crippen molar-refractivity contribution in [2.45, 2.75) is 60.4 Å². The van der Waals surface area contributed by atoms with Crippen LogP contribution < -0.4 is 16.0 Å². The Morgan fingerprint density at radius 1 is 0.738 bits per heavy atom. The molecule has 1 fully saturated rings. The molecule has 3 N–H and O–H groups in total. The van der Waals surface area contributed by atoms with Gasteiger partial charge in [0.2, 0.25) is 0 Å². The Hall–Kier alpha value is -4.31. The quantitative estimate of drug-likeness (QED) is 0.237. The molecular weight excluding hydrogens is 512 g/mol. The standard InChI is InChI=1S/C38H40N4/c1-23-7-11-25(12-8-23)31-17-27-15-29-21-38(5,6)36(42-29)20-34-32(26-13-9-24(2)10-14-26)18-28(40-34)16-30-22-37(3,4)35(41-30)19-33(31)39-27/h7-20,35,39-41H,21-22H2,1-6H3/b27-15-,30-16?,33-19-,36-20-.